The molecule has 0 aliphatic heterocycles. The summed E-state index contributed by atoms with van der Waals surface area (Å²) in [6.07, 6.45) is 1.02. The van der Waals surface area contributed by atoms with Crippen molar-refractivity contribution in [1.29, 1.82) is 0 Å². The Hall–Kier alpha value is -1.94. The van der Waals surface area contributed by atoms with Gasteiger partial charge in [0.2, 0.25) is 0 Å². The van der Waals surface area contributed by atoms with Gasteiger partial charge in [-0.25, -0.2) is 4.98 Å². The highest BCUT2D eigenvalue weighted by Crippen LogP contribution is 2.30. The molecule has 0 fully saturated rings. The largest absolute Gasteiger partial charge is 0.469 e. The van der Waals surface area contributed by atoms with E-state index in [-0.39, 0.29) is 5.97 Å². The quantitative estimate of drug-likeness (QED) is 0.684. The summed E-state index contributed by atoms with van der Waals surface area (Å²) in [5, 5.41) is 3.43. The number of nitrogens with zero attached hydrogens (tertiary/aromatic N) is 1. The second kappa shape index (κ2) is 4.97. The zero-order chi connectivity index (χ0) is 13.2. The second-order valence-corrected chi connectivity index (χ2v) is 5.40. The molecule has 0 aliphatic rings. The van der Waals surface area contributed by atoms with E-state index in [2.05, 4.69) is 27.9 Å². The van der Waals surface area contributed by atoms with Crippen molar-refractivity contribution < 1.29 is 9.53 Å². The number of aromatic nitrogens is 1. The van der Waals surface area contributed by atoms with Gasteiger partial charge < -0.3 is 4.74 Å². The molecule has 0 N–H and O–H groups in total. The molecule has 3 aromatic rings. The van der Waals surface area contributed by atoms with Gasteiger partial charge in [-0.1, -0.05) is 30.3 Å². The SMILES string of the molecule is COC(=O)CCc1nc2ccc3ccccc3c2s1. The van der Waals surface area contributed by atoms with E-state index in [0.29, 0.717) is 12.8 Å². The van der Waals surface area contributed by atoms with Crippen LogP contribution < -0.4 is 0 Å². The molecule has 96 valence electrons. The Morgan fingerprint density at radius 2 is 2.11 bits per heavy atom. The van der Waals surface area contributed by atoms with E-state index in [1.807, 2.05) is 18.2 Å². The molecule has 4 heteroatoms. The van der Waals surface area contributed by atoms with Gasteiger partial charge in [-0.05, 0) is 11.5 Å². The molecule has 0 spiro atoms. The van der Waals surface area contributed by atoms with E-state index < -0.39 is 0 Å². The Labute approximate surface area is 114 Å². The molecule has 0 atom stereocenters. The van der Waals surface area contributed by atoms with E-state index in [1.165, 1.54) is 22.6 Å². The lowest BCUT2D eigenvalue weighted by Gasteiger charge is -1.96. The number of ether oxygens (including phenoxy) is 1. The lowest BCUT2D eigenvalue weighted by atomic mass is 10.1. The van der Waals surface area contributed by atoms with Crippen LogP contribution in [0.4, 0.5) is 0 Å². The van der Waals surface area contributed by atoms with Gasteiger partial charge in [0.25, 0.3) is 0 Å². The molecule has 0 saturated carbocycles. The maximum absolute atomic E-state index is 11.2. The van der Waals surface area contributed by atoms with Crippen LogP contribution in [0.15, 0.2) is 36.4 Å². The number of fused-ring (bicyclic) bond motifs is 3. The van der Waals surface area contributed by atoms with Gasteiger partial charge in [0, 0.05) is 11.8 Å². The topological polar surface area (TPSA) is 39.2 Å². The van der Waals surface area contributed by atoms with Crippen molar-refractivity contribution >= 4 is 38.3 Å². The van der Waals surface area contributed by atoms with Crippen molar-refractivity contribution in [2.75, 3.05) is 7.11 Å². The number of methoxy groups -OCH3 is 1. The fraction of sp³-hybridized carbons (Fsp3) is 0.200. The Morgan fingerprint density at radius 1 is 1.26 bits per heavy atom. The van der Waals surface area contributed by atoms with Crippen molar-refractivity contribution in [3.63, 3.8) is 0 Å². The number of aryl methyl sites for hydroxylation is 1. The fourth-order valence-electron chi connectivity index (χ4n) is 2.12. The molecule has 1 aromatic heterocycles. The lowest BCUT2D eigenvalue weighted by Crippen LogP contribution is -2.01. The minimum Gasteiger partial charge on any atom is -0.469 e. The van der Waals surface area contributed by atoms with Gasteiger partial charge >= 0.3 is 5.97 Å². The molecule has 3 rings (SSSR count). The van der Waals surface area contributed by atoms with Gasteiger partial charge in [0.05, 0.1) is 28.8 Å². The van der Waals surface area contributed by atoms with Crippen LogP contribution in [-0.4, -0.2) is 18.1 Å². The number of hydrogen-bond donors (Lipinski definition) is 0. The average molecular weight is 271 g/mol. The number of benzene rings is 2. The minimum absolute atomic E-state index is 0.191. The Morgan fingerprint density at radius 3 is 2.95 bits per heavy atom. The molecule has 19 heavy (non-hydrogen) atoms. The first-order valence-corrected chi connectivity index (χ1v) is 6.93. The summed E-state index contributed by atoms with van der Waals surface area (Å²) >= 11 is 1.66. The Bertz CT molecular complexity index is 748. The Kier molecular flexibility index (Phi) is 3.17. The van der Waals surface area contributed by atoms with Crippen molar-refractivity contribution in [1.82, 2.24) is 4.98 Å². The molecule has 0 amide bonds. The van der Waals surface area contributed by atoms with Crippen LogP contribution >= 0.6 is 11.3 Å². The van der Waals surface area contributed by atoms with Crippen molar-refractivity contribution in [2.24, 2.45) is 0 Å². The number of thiazole rings is 1. The fourth-order valence-corrected chi connectivity index (χ4v) is 3.22. The summed E-state index contributed by atoms with van der Waals surface area (Å²) in [4.78, 5) is 15.7. The molecule has 0 bridgehead atoms. The van der Waals surface area contributed by atoms with Crippen LogP contribution in [0, 0.1) is 0 Å². The van der Waals surface area contributed by atoms with Crippen LogP contribution in [0.25, 0.3) is 21.0 Å². The summed E-state index contributed by atoms with van der Waals surface area (Å²) in [5.41, 5.74) is 1.00. The van der Waals surface area contributed by atoms with Crippen LogP contribution in [0.2, 0.25) is 0 Å². The van der Waals surface area contributed by atoms with Crippen LogP contribution in [0.1, 0.15) is 11.4 Å². The van der Waals surface area contributed by atoms with Gasteiger partial charge in [-0.2, -0.15) is 0 Å². The molecular formula is C15H13NO2S. The van der Waals surface area contributed by atoms with Crippen LogP contribution in [0.3, 0.4) is 0 Å². The first-order chi connectivity index (χ1) is 9.28. The molecule has 2 aromatic carbocycles. The number of hydrogen-bond acceptors (Lipinski definition) is 4. The highest BCUT2D eigenvalue weighted by Gasteiger charge is 2.09. The highest BCUT2D eigenvalue weighted by molar-refractivity contribution is 7.19. The molecule has 0 saturated heterocycles. The minimum atomic E-state index is -0.191. The van der Waals surface area contributed by atoms with E-state index >= 15 is 0 Å². The van der Waals surface area contributed by atoms with Crippen LogP contribution in [0.5, 0.6) is 0 Å². The summed E-state index contributed by atoms with van der Waals surface area (Å²) < 4.78 is 5.85. The maximum atomic E-state index is 11.2. The van der Waals surface area contributed by atoms with Gasteiger partial charge in [-0.3, -0.25) is 4.79 Å². The molecule has 0 unspecified atom stereocenters. The monoisotopic (exact) mass is 271 g/mol. The Balaban J connectivity index is 2.00. The molecule has 1 heterocycles. The summed E-state index contributed by atoms with van der Waals surface area (Å²) in [6, 6.07) is 12.4. The predicted octanol–water partition coefficient (Wildman–Crippen LogP) is 3.56. The van der Waals surface area contributed by atoms with Gasteiger partial charge in [-0.15, -0.1) is 11.3 Å². The molecule has 3 nitrogen and oxygen atoms in total. The van der Waals surface area contributed by atoms with Gasteiger partial charge in [0.15, 0.2) is 0 Å². The van der Waals surface area contributed by atoms with E-state index in [0.717, 1.165) is 10.5 Å². The summed E-state index contributed by atoms with van der Waals surface area (Å²) in [6.45, 7) is 0. The number of esters is 1. The van der Waals surface area contributed by atoms with Crippen molar-refractivity contribution in [3.05, 3.63) is 41.4 Å². The molecular weight excluding hydrogens is 258 g/mol. The number of carbonyl (C=O) groups is 1. The van der Waals surface area contributed by atoms with Crippen molar-refractivity contribution in [2.45, 2.75) is 12.8 Å². The van der Waals surface area contributed by atoms with E-state index in [4.69, 9.17) is 0 Å². The van der Waals surface area contributed by atoms with Crippen LogP contribution in [-0.2, 0) is 16.0 Å². The standard InChI is InChI=1S/C15H13NO2S/c1-18-14(17)9-8-13-16-12-7-6-10-4-2-3-5-11(10)15(12)19-13/h2-7H,8-9H2,1H3. The highest BCUT2D eigenvalue weighted by atomic mass is 32.1. The van der Waals surface area contributed by atoms with Crippen molar-refractivity contribution in [3.8, 4) is 0 Å². The summed E-state index contributed by atoms with van der Waals surface area (Å²) in [5.74, 6) is -0.191. The number of carbonyl (C=O) groups excluding carboxylic acids is 1. The zero-order valence-corrected chi connectivity index (χ0v) is 11.4. The van der Waals surface area contributed by atoms with E-state index in [9.17, 15) is 4.79 Å². The smallest absolute Gasteiger partial charge is 0.305 e. The summed E-state index contributed by atoms with van der Waals surface area (Å²) in [7, 11) is 1.41. The predicted molar refractivity (Wildman–Crippen MR) is 77.5 cm³/mol. The van der Waals surface area contributed by atoms with Gasteiger partial charge in [0.1, 0.15) is 0 Å². The zero-order valence-electron chi connectivity index (χ0n) is 10.6. The molecule has 0 aliphatic carbocycles. The maximum Gasteiger partial charge on any atom is 0.305 e. The third-order valence-electron chi connectivity index (χ3n) is 3.09. The third kappa shape index (κ3) is 2.31. The average Bonchev–Trinajstić information content (AvgIpc) is 2.88. The lowest BCUT2D eigenvalue weighted by molar-refractivity contribution is -0.140. The second-order valence-electron chi connectivity index (χ2n) is 4.32. The number of rotatable bonds is 3. The first kappa shape index (κ1) is 12.1. The van der Waals surface area contributed by atoms with E-state index in [1.54, 1.807) is 11.3 Å². The molecule has 0 radical (unpaired) electrons. The first-order valence-electron chi connectivity index (χ1n) is 6.12. The normalized spacial score (nSPS) is 11.0. The third-order valence-corrected chi connectivity index (χ3v) is 4.26.